The fourth-order valence-electron chi connectivity index (χ4n) is 2.37. The van der Waals surface area contributed by atoms with Gasteiger partial charge in [-0.25, -0.2) is 4.79 Å². The van der Waals surface area contributed by atoms with Crippen molar-refractivity contribution in [3.05, 3.63) is 53.1 Å². The number of Topliss-reactive ketones (excluding diaryl/α,β-unsaturated/α-hetero) is 1. The molecule has 0 aliphatic rings. The van der Waals surface area contributed by atoms with Crippen molar-refractivity contribution in [3.8, 4) is 17.2 Å². The van der Waals surface area contributed by atoms with Crippen LogP contribution in [0.1, 0.15) is 26.3 Å². The standard InChI is InChI=1S/C19H17F3O6/c1-25-15-8-12(9-16(26-2)17(15)27-3)18(24)28-10-14(23)11-5-4-6-13(7-11)19(20,21)22/h4-9H,10H2,1-3H3. The van der Waals surface area contributed by atoms with E-state index in [1.54, 1.807) is 0 Å². The highest BCUT2D eigenvalue weighted by Gasteiger charge is 2.31. The average molecular weight is 398 g/mol. The van der Waals surface area contributed by atoms with Crippen LogP contribution in [0.25, 0.3) is 0 Å². The topological polar surface area (TPSA) is 71.1 Å². The van der Waals surface area contributed by atoms with Gasteiger partial charge in [-0.15, -0.1) is 0 Å². The highest BCUT2D eigenvalue weighted by atomic mass is 19.4. The van der Waals surface area contributed by atoms with Gasteiger partial charge in [0.15, 0.2) is 23.9 Å². The van der Waals surface area contributed by atoms with Gasteiger partial charge in [0.1, 0.15) is 0 Å². The molecule has 0 aromatic heterocycles. The summed E-state index contributed by atoms with van der Waals surface area (Å²) < 4.78 is 58.5. The van der Waals surface area contributed by atoms with Crippen LogP contribution < -0.4 is 14.2 Å². The van der Waals surface area contributed by atoms with Crippen molar-refractivity contribution in [1.82, 2.24) is 0 Å². The Kier molecular flexibility index (Phi) is 6.50. The molecule has 0 spiro atoms. The van der Waals surface area contributed by atoms with Crippen molar-refractivity contribution < 1.29 is 41.7 Å². The van der Waals surface area contributed by atoms with Crippen LogP contribution in [-0.4, -0.2) is 39.7 Å². The molecule has 6 nitrogen and oxygen atoms in total. The second kappa shape index (κ2) is 8.64. The van der Waals surface area contributed by atoms with Crippen LogP contribution in [0.4, 0.5) is 13.2 Å². The normalized spacial score (nSPS) is 10.9. The Labute approximate surface area is 158 Å². The molecule has 0 aliphatic heterocycles. The number of hydrogen-bond acceptors (Lipinski definition) is 6. The number of ether oxygens (including phenoxy) is 4. The Morgan fingerprint density at radius 1 is 0.893 bits per heavy atom. The molecule has 0 fully saturated rings. The summed E-state index contributed by atoms with van der Waals surface area (Å²) in [6.07, 6.45) is -4.58. The number of carbonyl (C=O) groups is 2. The number of ketones is 1. The fraction of sp³-hybridized carbons (Fsp3) is 0.263. The van der Waals surface area contributed by atoms with Crippen molar-refractivity contribution in [1.29, 1.82) is 0 Å². The summed E-state index contributed by atoms with van der Waals surface area (Å²) in [5.74, 6) is -0.968. The lowest BCUT2D eigenvalue weighted by Crippen LogP contribution is -2.15. The smallest absolute Gasteiger partial charge is 0.416 e. The summed E-state index contributed by atoms with van der Waals surface area (Å²) in [4.78, 5) is 24.3. The molecule has 0 radical (unpaired) electrons. The number of carbonyl (C=O) groups excluding carboxylic acids is 2. The molecule has 0 N–H and O–H groups in total. The van der Waals surface area contributed by atoms with Crippen molar-refractivity contribution in [2.45, 2.75) is 6.18 Å². The minimum Gasteiger partial charge on any atom is -0.493 e. The van der Waals surface area contributed by atoms with Gasteiger partial charge in [0.05, 0.1) is 32.5 Å². The number of rotatable bonds is 7. The summed E-state index contributed by atoms with van der Waals surface area (Å²) >= 11 is 0. The molecular formula is C19H17F3O6. The van der Waals surface area contributed by atoms with Gasteiger partial charge in [-0.3, -0.25) is 4.79 Å². The largest absolute Gasteiger partial charge is 0.493 e. The predicted molar refractivity (Wildman–Crippen MR) is 92.2 cm³/mol. The average Bonchev–Trinajstić information content (AvgIpc) is 2.69. The Morgan fingerprint density at radius 2 is 1.50 bits per heavy atom. The van der Waals surface area contributed by atoms with E-state index >= 15 is 0 Å². The van der Waals surface area contributed by atoms with E-state index in [4.69, 9.17) is 18.9 Å². The van der Waals surface area contributed by atoms with E-state index in [-0.39, 0.29) is 28.4 Å². The Bertz CT molecular complexity index is 851. The van der Waals surface area contributed by atoms with Crippen molar-refractivity contribution in [3.63, 3.8) is 0 Å². The predicted octanol–water partition coefficient (Wildman–Crippen LogP) is 3.77. The van der Waals surface area contributed by atoms with Crippen LogP contribution in [0.5, 0.6) is 17.2 Å². The number of methoxy groups -OCH3 is 3. The molecule has 0 aliphatic carbocycles. The molecule has 0 bridgehead atoms. The van der Waals surface area contributed by atoms with Gasteiger partial charge in [0, 0.05) is 5.56 Å². The molecule has 0 saturated carbocycles. The first-order chi connectivity index (χ1) is 13.2. The number of benzene rings is 2. The highest BCUT2D eigenvalue weighted by Crippen LogP contribution is 2.38. The van der Waals surface area contributed by atoms with Crippen LogP contribution in [-0.2, 0) is 10.9 Å². The second-order valence-corrected chi connectivity index (χ2v) is 5.49. The molecule has 0 atom stereocenters. The minimum atomic E-state index is -4.58. The third-order valence-corrected chi connectivity index (χ3v) is 3.75. The molecule has 0 heterocycles. The zero-order valence-corrected chi connectivity index (χ0v) is 15.3. The summed E-state index contributed by atoms with van der Waals surface area (Å²) in [7, 11) is 4.12. The summed E-state index contributed by atoms with van der Waals surface area (Å²) in [6.45, 7) is -0.725. The molecule has 0 unspecified atom stereocenters. The van der Waals surface area contributed by atoms with E-state index < -0.39 is 30.1 Å². The Morgan fingerprint density at radius 3 is 2.00 bits per heavy atom. The fourth-order valence-corrected chi connectivity index (χ4v) is 2.37. The third-order valence-electron chi connectivity index (χ3n) is 3.75. The molecule has 9 heteroatoms. The molecule has 150 valence electrons. The van der Waals surface area contributed by atoms with E-state index in [2.05, 4.69) is 0 Å². The van der Waals surface area contributed by atoms with Crippen LogP contribution in [0.2, 0.25) is 0 Å². The molecular weight excluding hydrogens is 381 g/mol. The lowest BCUT2D eigenvalue weighted by Gasteiger charge is -2.13. The van der Waals surface area contributed by atoms with E-state index in [1.807, 2.05) is 0 Å². The van der Waals surface area contributed by atoms with E-state index in [9.17, 15) is 22.8 Å². The monoisotopic (exact) mass is 398 g/mol. The molecule has 2 aromatic carbocycles. The maximum Gasteiger partial charge on any atom is 0.416 e. The van der Waals surface area contributed by atoms with Gasteiger partial charge in [-0.2, -0.15) is 13.2 Å². The quantitative estimate of drug-likeness (QED) is 0.522. The SMILES string of the molecule is COc1cc(C(=O)OCC(=O)c2cccc(C(F)(F)F)c2)cc(OC)c1OC. The van der Waals surface area contributed by atoms with Gasteiger partial charge < -0.3 is 18.9 Å². The van der Waals surface area contributed by atoms with Gasteiger partial charge in [0.2, 0.25) is 5.75 Å². The number of hydrogen-bond donors (Lipinski definition) is 0. The van der Waals surface area contributed by atoms with Gasteiger partial charge in [-0.1, -0.05) is 12.1 Å². The molecule has 0 saturated heterocycles. The highest BCUT2D eigenvalue weighted by molar-refractivity contribution is 5.99. The number of alkyl halides is 3. The number of halogens is 3. The first-order valence-electron chi connectivity index (χ1n) is 7.88. The first-order valence-corrected chi connectivity index (χ1v) is 7.88. The summed E-state index contributed by atoms with van der Waals surface area (Å²) in [5, 5.41) is 0. The minimum absolute atomic E-state index is 0.0198. The van der Waals surface area contributed by atoms with Crippen molar-refractivity contribution in [2.24, 2.45) is 0 Å². The zero-order valence-electron chi connectivity index (χ0n) is 15.3. The van der Waals surface area contributed by atoms with Gasteiger partial charge in [0.25, 0.3) is 0 Å². The van der Waals surface area contributed by atoms with E-state index in [1.165, 1.54) is 39.5 Å². The lowest BCUT2D eigenvalue weighted by atomic mass is 10.1. The molecule has 28 heavy (non-hydrogen) atoms. The Hall–Kier alpha value is -3.23. The Balaban J connectivity index is 2.15. The van der Waals surface area contributed by atoms with Crippen LogP contribution in [0, 0.1) is 0 Å². The summed E-state index contributed by atoms with van der Waals surface area (Å²) in [6, 6.07) is 6.53. The van der Waals surface area contributed by atoms with Gasteiger partial charge >= 0.3 is 12.1 Å². The third kappa shape index (κ3) is 4.73. The maximum atomic E-state index is 12.7. The van der Waals surface area contributed by atoms with Gasteiger partial charge in [-0.05, 0) is 24.3 Å². The zero-order chi connectivity index (χ0) is 20.9. The van der Waals surface area contributed by atoms with E-state index in [0.717, 1.165) is 12.1 Å². The maximum absolute atomic E-state index is 12.7. The summed E-state index contributed by atoms with van der Waals surface area (Å²) in [5.41, 5.74) is -1.16. The van der Waals surface area contributed by atoms with Crippen LogP contribution >= 0.6 is 0 Å². The number of esters is 1. The lowest BCUT2D eigenvalue weighted by molar-refractivity contribution is -0.137. The molecule has 2 aromatic rings. The van der Waals surface area contributed by atoms with Crippen LogP contribution in [0.3, 0.4) is 0 Å². The van der Waals surface area contributed by atoms with Crippen LogP contribution in [0.15, 0.2) is 36.4 Å². The second-order valence-electron chi connectivity index (χ2n) is 5.49. The molecule has 2 rings (SSSR count). The van der Waals surface area contributed by atoms with Crippen molar-refractivity contribution in [2.75, 3.05) is 27.9 Å². The molecule has 0 amide bonds. The van der Waals surface area contributed by atoms with E-state index in [0.29, 0.717) is 6.07 Å². The van der Waals surface area contributed by atoms with Crippen molar-refractivity contribution >= 4 is 11.8 Å². The first kappa shape index (κ1) is 21.1.